The molecule has 1 atom stereocenters. The van der Waals surface area contributed by atoms with Gasteiger partial charge in [-0.1, -0.05) is 41.6 Å². The van der Waals surface area contributed by atoms with Crippen LogP contribution < -0.4 is 5.73 Å². The van der Waals surface area contributed by atoms with Gasteiger partial charge in [-0.05, 0) is 24.6 Å². The van der Waals surface area contributed by atoms with Crippen molar-refractivity contribution in [2.75, 3.05) is 6.61 Å². The maximum atomic E-state index is 12.0. The summed E-state index contributed by atoms with van der Waals surface area (Å²) in [6.45, 7) is 2.59. The van der Waals surface area contributed by atoms with Gasteiger partial charge in [0, 0.05) is 18.5 Å². The summed E-state index contributed by atoms with van der Waals surface area (Å²) in [4.78, 5) is 21.8. The number of benzene rings is 1. The molecule has 1 aliphatic rings. The molecule has 0 fully saturated rings. The lowest BCUT2D eigenvalue weighted by Gasteiger charge is -2.22. The van der Waals surface area contributed by atoms with Gasteiger partial charge in [0.2, 0.25) is 5.60 Å². The van der Waals surface area contributed by atoms with Crippen molar-refractivity contribution in [3.05, 3.63) is 65.5 Å². The summed E-state index contributed by atoms with van der Waals surface area (Å²) in [7, 11) is 0. The van der Waals surface area contributed by atoms with Gasteiger partial charge < -0.3 is 15.3 Å². The zero-order valence-electron chi connectivity index (χ0n) is 14.1. The minimum absolute atomic E-state index is 0.277. The molecule has 2 heterocycles. The molecular formula is C19H21N3O3. The van der Waals surface area contributed by atoms with Gasteiger partial charge in [0.25, 0.3) is 5.91 Å². The van der Waals surface area contributed by atoms with E-state index < -0.39 is 11.5 Å². The van der Waals surface area contributed by atoms with Crippen LogP contribution in [0.5, 0.6) is 0 Å². The van der Waals surface area contributed by atoms with Gasteiger partial charge in [0.1, 0.15) is 0 Å². The van der Waals surface area contributed by atoms with E-state index in [9.17, 15) is 4.79 Å². The van der Waals surface area contributed by atoms with Crippen molar-refractivity contribution in [1.82, 2.24) is 4.98 Å². The number of pyridine rings is 1. The average molecular weight is 339 g/mol. The van der Waals surface area contributed by atoms with E-state index in [1.54, 1.807) is 0 Å². The Bertz CT molecular complexity index is 776. The second kappa shape index (κ2) is 7.44. The Kier molecular flexibility index (Phi) is 5.09. The van der Waals surface area contributed by atoms with E-state index in [1.165, 1.54) is 0 Å². The molecule has 130 valence electrons. The zero-order valence-corrected chi connectivity index (χ0v) is 14.1. The normalized spacial score (nSPS) is 19.3. The van der Waals surface area contributed by atoms with E-state index >= 15 is 0 Å². The van der Waals surface area contributed by atoms with Crippen LogP contribution in [0.4, 0.5) is 0 Å². The van der Waals surface area contributed by atoms with Crippen molar-refractivity contribution in [2.45, 2.75) is 32.0 Å². The fourth-order valence-corrected chi connectivity index (χ4v) is 2.82. The minimum atomic E-state index is -1.14. The summed E-state index contributed by atoms with van der Waals surface area (Å²) in [6.07, 6.45) is 0.716. The van der Waals surface area contributed by atoms with Crippen LogP contribution in [-0.4, -0.2) is 28.8 Å². The Hall–Kier alpha value is -2.73. The number of primary amides is 1. The molecule has 3 rings (SSSR count). The van der Waals surface area contributed by atoms with Gasteiger partial charge in [-0.2, -0.15) is 0 Å². The van der Waals surface area contributed by atoms with Crippen molar-refractivity contribution >= 4 is 11.6 Å². The maximum Gasteiger partial charge on any atom is 0.265 e. The van der Waals surface area contributed by atoms with E-state index in [0.717, 1.165) is 17.0 Å². The van der Waals surface area contributed by atoms with E-state index in [2.05, 4.69) is 10.1 Å². The molecule has 1 aliphatic heterocycles. The number of hydrogen-bond donors (Lipinski definition) is 1. The second-order valence-corrected chi connectivity index (χ2v) is 6.21. The highest BCUT2D eigenvalue weighted by Crippen LogP contribution is 2.28. The summed E-state index contributed by atoms with van der Waals surface area (Å²) in [6, 6.07) is 15.4. The van der Waals surface area contributed by atoms with Gasteiger partial charge in [0.05, 0.1) is 24.6 Å². The molecule has 25 heavy (non-hydrogen) atoms. The molecule has 0 radical (unpaired) electrons. The minimum Gasteiger partial charge on any atom is -0.378 e. The zero-order chi connectivity index (χ0) is 17.7. The van der Waals surface area contributed by atoms with Crippen LogP contribution in [0.25, 0.3) is 0 Å². The topological polar surface area (TPSA) is 86.8 Å². The number of ether oxygens (including phenoxy) is 1. The summed E-state index contributed by atoms with van der Waals surface area (Å²) in [5.41, 5.74) is 7.89. The second-order valence-electron chi connectivity index (χ2n) is 6.21. The molecule has 0 saturated heterocycles. The molecule has 0 aliphatic carbocycles. The molecule has 6 heteroatoms. The number of rotatable bonds is 7. The molecule has 1 aromatic heterocycles. The predicted octanol–water partition coefficient (Wildman–Crippen LogP) is 2.15. The van der Waals surface area contributed by atoms with Crippen molar-refractivity contribution in [3.8, 4) is 0 Å². The van der Waals surface area contributed by atoms with Crippen LogP contribution in [0.15, 0.2) is 53.7 Å². The lowest BCUT2D eigenvalue weighted by molar-refractivity contribution is -0.140. The Morgan fingerprint density at radius 3 is 2.72 bits per heavy atom. The number of carbonyl (C=O) groups excluding carboxylic acids is 1. The highest BCUT2D eigenvalue weighted by atomic mass is 16.7. The molecule has 6 nitrogen and oxygen atoms in total. The quantitative estimate of drug-likeness (QED) is 0.837. The first kappa shape index (κ1) is 17.1. The monoisotopic (exact) mass is 339 g/mol. The van der Waals surface area contributed by atoms with Crippen molar-refractivity contribution < 1.29 is 14.4 Å². The molecule has 0 saturated carbocycles. The van der Waals surface area contributed by atoms with E-state index in [4.69, 9.17) is 15.3 Å². The largest absolute Gasteiger partial charge is 0.378 e. The molecule has 0 spiro atoms. The van der Waals surface area contributed by atoms with Gasteiger partial charge >= 0.3 is 0 Å². The highest BCUT2D eigenvalue weighted by molar-refractivity contribution is 5.96. The van der Waals surface area contributed by atoms with Crippen LogP contribution in [0.1, 0.15) is 23.4 Å². The average Bonchev–Trinajstić information content (AvgIpc) is 3.00. The Morgan fingerprint density at radius 1 is 1.20 bits per heavy atom. The summed E-state index contributed by atoms with van der Waals surface area (Å²) in [5, 5.41) is 4.03. The first-order valence-electron chi connectivity index (χ1n) is 8.15. The third-order valence-electron chi connectivity index (χ3n) is 4.09. The molecule has 0 bridgehead atoms. The highest BCUT2D eigenvalue weighted by Gasteiger charge is 2.45. The van der Waals surface area contributed by atoms with Crippen LogP contribution in [0.3, 0.4) is 0 Å². The number of hydrogen-bond acceptors (Lipinski definition) is 5. The standard InChI is InChI=1S/C19H21N3O3/c1-14-6-5-9-16(21-14)12-24-13-17-11-19(18(20)23,25-22-17)10-15-7-3-2-4-8-15/h2-9H,10-13H2,1H3,(H2,20,23). The summed E-state index contributed by atoms with van der Waals surface area (Å²) >= 11 is 0. The number of carbonyl (C=O) groups is 1. The molecule has 1 amide bonds. The van der Waals surface area contributed by atoms with Gasteiger partial charge in [0.15, 0.2) is 0 Å². The fraction of sp³-hybridized carbons (Fsp3) is 0.316. The van der Waals surface area contributed by atoms with Crippen molar-refractivity contribution in [1.29, 1.82) is 0 Å². The number of oxime groups is 1. The Morgan fingerprint density at radius 2 is 2.00 bits per heavy atom. The molecule has 2 aromatic rings. The van der Waals surface area contributed by atoms with Gasteiger partial charge in [-0.15, -0.1) is 0 Å². The van der Waals surface area contributed by atoms with Crippen LogP contribution in [0, 0.1) is 6.92 Å². The number of nitrogens with two attached hydrogens (primary N) is 1. The van der Waals surface area contributed by atoms with Gasteiger partial charge in [-0.3, -0.25) is 9.78 Å². The fourth-order valence-electron chi connectivity index (χ4n) is 2.82. The van der Waals surface area contributed by atoms with Crippen LogP contribution >= 0.6 is 0 Å². The maximum absolute atomic E-state index is 12.0. The van der Waals surface area contributed by atoms with Crippen LogP contribution in [0.2, 0.25) is 0 Å². The number of nitrogens with zero attached hydrogens (tertiary/aromatic N) is 2. The summed E-state index contributed by atoms with van der Waals surface area (Å²) in [5.74, 6) is -0.518. The molecule has 1 unspecified atom stereocenters. The Labute approximate surface area is 146 Å². The molecular weight excluding hydrogens is 318 g/mol. The van der Waals surface area contributed by atoms with Crippen LogP contribution in [-0.2, 0) is 27.4 Å². The van der Waals surface area contributed by atoms with E-state index in [-0.39, 0.29) is 6.61 Å². The number of aromatic nitrogens is 1. The Balaban J connectivity index is 1.57. The third-order valence-corrected chi connectivity index (χ3v) is 4.09. The predicted molar refractivity (Wildman–Crippen MR) is 93.8 cm³/mol. The van der Waals surface area contributed by atoms with Crippen molar-refractivity contribution in [2.24, 2.45) is 10.9 Å². The first-order valence-corrected chi connectivity index (χ1v) is 8.15. The lowest BCUT2D eigenvalue weighted by atomic mass is 9.89. The third kappa shape index (κ3) is 4.22. The molecule has 2 N–H and O–H groups in total. The smallest absolute Gasteiger partial charge is 0.265 e. The number of aryl methyl sites for hydroxylation is 1. The van der Waals surface area contributed by atoms with E-state index in [0.29, 0.717) is 25.2 Å². The van der Waals surface area contributed by atoms with Gasteiger partial charge in [-0.25, -0.2) is 0 Å². The van der Waals surface area contributed by atoms with E-state index in [1.807, 2.05) is 55.5 Å². The summed E-state index contributed by atoms with van der Waals surface area (Å²) < 4.78 is 5.66. The molecule has 1 aromatic carbocycles. The van der Waals surface area contributed by atoms with Crippen molar-refractivity contribution in [3.63, 3.8) is 0 Å². The SMILES string of the molecule is Cc1cccc(COCC2=NOC(Cc3ccccc3)(C(N)=O)C2)n1. The first-order chi connectivity index (χ1) is 12.1. The lowest BCUT2D eigenvalue weighted by Crippen LogP contribution is -2.46. The number of amides is 1.